The van der Waals surface area contributed by atoms with Crippen molar-refractivity contribution in [3.05, 3.63) is 34.6 Å². The van der Waals surface area contributed by atoms with Gasteiger partial charge in [0.2, 0.25) is 0 Å². The molecule has 0 bridgehead atoms. The van der Waals surface area contributed by atoms with E-state index < -0.39 is 5.82 Å². The number of nitrogens with zero attached hydrogens (tertiary/aromatic N) is 1. The van der Waals surface area contributed by atoms with E-state index in [-0.39, 0.29) is 10.9 Å². The summed E-state index contributed by atoms with van der Waals surface area (Å²) in [5, 5.41) is 0.960. The lowest BCUT2D eigenvalue weighted by Gasteiger charge is -2.32. The lowest BCUT2D eigenvalue weighted by Crippen LogP contribution is -2.40. The van der Waals surface area contributed by atoms with Gasteiger partial charge in [0, 0.05) is 24.0 Å². The third kappa shape index (κ3) is 3.69. The number of rotatable bonds is 3. The van der Waals surface area contributed by atoms with Crippen LogP contribution in [-0.4, -0.2) is 29.2 Å². The first-order chi connectivity index (χ1) is 9.11. The van der Waals surface area contributed by atoms with E-state index in [1.54, 1.807) is 0 Å². The van der Waals surface area contributed by atoms with E-state index in [2.05, 4.69) is 15.9 Å². The minimum atomic E-state index is -0.492. The van der Waals surface area contributed by atoms with Crippen LogP contribution in [0, 0.1) is 11.7 Å². The molecule has 2 nitrogen and oxygen atoms in total. The van der Waals surface area contributed by atoms with Gasteiger partial charge in [0.05, 0.1) is 5.02 Å². The van der Waals surface area contributed by atoms with Crippen LogP contribution in [0.1, 0.15) is 29.6 Å². The first-order valence-corrected chi connectivity index (χ1v) is 7.92. The van der Waals surface area contributed by atoms with E-state index in [1.165, 1.54) is 24.6 Å². The van der Waals surface area contributed by atoms with Crippen molar-refractivity contribution in [1.29, 1.82) is 0 Å². The van der Waals surface area contributed by atoms with Crippen LogP contribution in [0.2, 0.25) is 5.02 Å². The zero-order chi connectivity index (χ0) is 13.8. The van der Waals surface area contributed by atoms with Crippen molar-refractivity contribution in [2.24, 2.45) is 5.92 Å². The normalized spacial score (nSPS) is 19.5. The number of piperidine rings is 1. The van der Waals surface area contributed by atoms with Gasteiger partial charge in [-0.25, -0.2) is 4.39 Å². The van der Waals surface area contributed by atoms with Gasteiger partial charge in [-0.3, -0.25) is 4.79 Å². The fourth-order valence-electron chi connectivity index (χ4n) is 2.45. The molecular weight excluding hydrogens is 333 g/mol. The van der Waals surface area contributed by atoms with Gasteiger partial charge in [0.15, 0.2) is 0 Å². The van der Waals surface area contributed by atoms with Crippen LogP contribution in [0.15, 0.2) is 18.2 Å². The molecule has 0 N–H and O–H groups in total. The molecule has 19 heavy (non-hydrogen) atoms. The third-order valence-corrected chi connectivity index (χ3v) is 4.24. The van der Waals surface area contributed by atoms with Crippen LogP contribution in [-0.2, 0) is 0 Å². The number of likely N-dealkylation sites (tertiary alicyclic amines) is 1. The molecule has 1 aliphatic heterocycles. The average molecular weight is 349 g/mol. The Balaban J connectivity index is 2.08. The van der Waals surface area contributed by atoms with Crippen molar-refractivity contribution >= 4 is 33.4 Å². The van der Waals surface area contributed by atoms with Crippen LogP contribution in [0.5, 0.6) is 0 Å². The fraction of sp³-hybridized carbons (Fsp3) is 0.500. The van der Waals surface area contributed by atoms with E-state index >= 15 is 0 Å². The predicted molar refractivity (Wildman–Crippen MR) is 78.4 cm³/mol. The summed E-state index contributed by atoms with van der Waals surface area (Å²) in [7, 11) is 0. The maximum atomic E-state index is 13.1. The van der Waals surface area contributed by atoms with Crippen molar-refractivity contribution in [2.75, 3.05) is 18.4 Å². The second-order valence-corrected chi connectivity index (χ2v) is 6.07. The summed E-state index contributed by atoms with van der Waals surface area (Å²) in [5.74, 6) is 0.00296. The van der Waals surface area contributed by atoms with Gasteiger partial charge in [0.25, 0.3) is 5.91 Å². The van der Waals surface area contributed by atoms with Crippen molar-refractivity contribution in [2.45, 2.75) is 19.3 Å². The quantitative estimate of drug-likeness (QED) is 0.753. The highest BCUT2D eigenvalue weighted by atomic mass is 79.9. The van der Waals surface area contributed by atoms with Crippen LogP contribution in [0.25, 0.3) is 0 Å². The summed E-state index contributed by atoms with van der Waals surface area (Å²) in [6.07, 6.45) is 3.27. The van der Waals surface area contributed by atoms with E-state index in [9.17, 15) is 9.18 Å². The predicted octanol–water partition coefficient (Wildman–Crippen LogP) is 4.12. The number of halogens is 3. The van der Waals surface area contributed by atoms with E-state index in [0.29, 0.717) is 11.5 Å². The molecular formula is C14H16BrClFNO. The number of hydrogen-bond donors (Lipinski definition) is 0. The van der Waals surface area contributed by atoms with Crippen LogP contribution in [0.3, 0.4) is 0 Å². The van der Waals surface area contributed by atoms with Crippen molar-refractivity contribution in [3.63, 3.8) is 0 Å². The molecule has 5 heteroatoms. The summed E-state index contributed by atoms with van der Waals surface area (Å²) in [4.78, 5) is 14.2. The maximum Gasteiger partial charge on any atom is 0.253 e. The molecule has 1 aromatic rings. The number of amides is 1. The highest BCUT2D eigenvalue weighted by Crippen LogP contribution is 2.23. The van der Waals surface area contributed by atoms with Gasteiger partial charge in [-0.1, -0.05) is 27.5 Å². The summed E-state index contributed by atoms with van der Waals surface area (Å²) < 4.78 is 13.1. The number of carbonyl (C=O) groups is 1. The number of carbonyl (C=O) groups excluding carboxylic acids is 1. The molecule has 1 atom stereocenters. The van der Waals surface area contributed by atoms with Gasteiger partial charge in [-0.2, -0.15) is 0 Å². The Hall–Kier alpha value is -0.610. The van der Waals surface area contributed by atoms with Crippen molar-refractivity contribution in [3.8, 4) is 0 Å². The van der Waals surface area contributed by atoms with Gasteiger partial charge in [-0.05, 0) is 43.4 Å². The van der Waals surface area contributed by atoms with Crippen molar-refractivity contribution < 1.29 is 9.18 Å². The van der Waals surface area contributed by atoms with Crippen LogP contribution >= 0.6 is 27.5 Å². The Morgan fingerprint density at radius 2 is 2.32 bits per heavy atom. The molecule has 0 aromatic heterocycles. The molecule has 104 valence electrons. The molecule has 2 rings (SSSR count). The molecule has 1 aliphatic rings. The van der Waals surface area contributed by atoms with Gasteiger partial charge in [0.1, 0.15) is 5.82 Å². The Morgan fingerprint density at radius 3 is 3.00 bits per heavy atom. The highest BCUT2D eigenvalue weighted by Gasteiger charge is 2.24. The number of benzene rings is 1. The Labute approximate surface area is 126 Å². The lowest BCUT2D eigenvalue weighted by molar-refractivity contribution is 0.0672. The summed E-state index contributed by atoms with van der Waals surface area (Å²) >= 11 is 9.17. The van der Waals surface area contributed by atoms with Gasteiger partial charge >= 0.3 is 0 Å². The van der Waals surface area contributed by atoms with Gasteiger partial charge < -0.3 is 4.90 Å². The molecule has 1 heterocycles. The number of hydrogen-bond acceptors (Lipinski definition) is 1. The molecule has 0 aliphatic carbocycles. The topological polar surface area (TPSA) is 20.3 Å². The van der Waals surface area contributed by atoms with Crippen LogP contribution < -0.4 is 0 Å². The minimum absolute atomic E-state index is 0.000123. The number of alkyl halides is 1. The van der Waals surface area contributed by atoms with E-state index in [4.69, 9.17) is 11.6 Å². The average Bonchev–Trinajstić information content (AvgIpc) is 2.42. The van der Waals surface area contributed by atoms with Gasteiger partial charge in [-0.15, -0.1) is 0 Å². The molecule has 1 amide bonds. The summed E-state index contributed by atoms with van der Waals surface area (Å²) in [5.41, 5.74) is 0.464. The Kier molecular flexibility index (Phi) is 5.22. The van der Waals surface area contributed by atoms with Crippen LogP contribution in [0.4, 0.5) is 4.39 Å². The zero-order valence-electron chi connectivity index (χ0n) is 10.5. The largest absolute Gasteiger partial charge is 0.338 e. The molecule has 0 spiro atoms. The van der Waals surface area contributed by atoms with Crippen molar-refractivity contribution in [1.82, 2.24) is 4.90 Å². The molecule has 0 saturated carbocycles. The second-order valence-electron chi connectivity index (χ2n) is 4.87. The molecule has 1 fully saturated rings. The third-order valence-electron chi connectivity index (χ3n) is 3.49. The monoisotopic (exact) mass is 347 g/mol. The maximum absolute atomic E-state index is 13.1. The summed E-state index contributed by atoms with van der Waals surface area (Å²) in [6.45, 7) is 1.55. The first-order valence-electron chi connectivity index (χ1n) is 6.42. The molecule has 1 aromatic carbocycles. The SMILES string of the molecule is O=C(c1ccc(F)c(Cl)c1)N1CCCC(CCBr)C1. The first kappa shape index (κ1) is 14.8. The highest BCUT2D eigenvalue weighted by molar-refractivity contribution is 9.09. The molecule has 1 unspecified atom stereocenters. The molecule has 0 radical (unpaired) electrons. The standard InChI is InChI=1S/C14H16BrClFNO/c15-6-5-10-2-1-7-18(9-10)14(19)11-3-4-13(17)12(16)8-11/h3-4,8,10H,1-2,5-7,9H2. The van der Waals surface area contributed by atoms with E-state index in [0.717, 1.165) is 31.3 Å². The Bertz CT molecular complexity index is 467. The minimum Gasteiger partial charge on any atom is -0.338 e. The second kappa shape index (κ2) is 6.71. The lowest BCUT2D eigenvalue weighted by atomic mass is 9.95. The fourth-order valence-corrected chi connectivity index (χ4v) is 3.28. The Morgan fingerprint density at radius 1 is 1.53 bits per heavy atom. The zero-order valence-corrected chi connectivity index (χ0v) is 12.9. The molecule has 1 saturated heterocycles. The summed E-state index contributed by atoms with van der Waals surface area (Å²) in [6, 6.07) is 4.15. The smallest absolute Gasteiger partial charge is 0.253 e. The van der Waals surface area contributed by atoms with E-state index in [1.807, 2.05) is 4.90 Å².